The Kier molecular flexibility index (Phi) is 8.53. The van der Waals surface area contributed by atoms with Gasteiger partial charge in [-0.15, -0.1) is 0 Å². The topological polar surface area (TPSA) is 94.8 Å². The Balaban J connectivity index is 1.34. The molecule has 10 heteroatoms. The molecular weight excluding hydrogens is 564 g/mol. The van der Waals surface area contributed by atoms with Crippen molar-refractivity contribution in [3.63, 3.8) is 0 Å². The lowest BCUT2D eigenvalue weighted by atomic mass is 9.94. The molecule has 0 aliphatic carbocycles. The number of halogens is 1. The average molecular weight is 601 g/mol. The second-order valence-electron chi connectivity index (χ2n) is 11.8. The molecule has 2 aromatic carbocycles. The summed E-state index contributed by atoms with van der Waals surface area (Å²) in [6, 6.07) is 14.7. The molecule has 224 valence electrons. The fraction of sp³-hybridized carbons (Fsp3) is 0.455. The van der Waals surface area contributed by atoms with Gasteiger partial charge < -0.3 is 24.2 Å². The van der Waals surface area contributed by atoms with Crippen LogP contribution < -0.4 is 9.64 Å². The van der Waals surface area contributed by atoms with Crippen molar-refractivity contribution >= 4 is 34.1 Å². The highest BCUT2D eigenvalue weighted by atomic mass is 35.5. The second-order valence-corrected chi connectivity index (χ2v) is 12.2. The van der Waals surface area contributed by atoms with E-state index in [1.807, 2.05) is 18.2 Å². The van der Waals surface area contributed by atoms with Gasteiger partial charge in [-0.2, -0.15) is 15.2 Å². The Morgan fingerprint density at radius 3 is 2.74 bits per heavy atom. The summed E-state index contributed by atoms with van der Waals surface area (Å²) in [5.41, 5.74) is 3.31. The summed E-state index contributed by atoms with van der Waals surface area (Å²) in [4.78, 5) is 29.0. The molecule has 0 N–H and O–H groups in total. The van der Waals surface area contributed by atoms with Crippen molar-refractivity contribution in [1.29, 1.82) is 5.26 Å². The first-order valence-corrected chi connectivity index (χ1v) is 15.3. The number of likely N-dealkylation sites (N-methyl/N-ethyl adjacent to an activating group) is 1. The molecule has 0 spiro atoms. The number of carbonyl (C=O) groups is 1. The van der Waals surface area contributed by atoms with E-state index >= 15 is 0 Å². The van der Waals surface area contributed by atoms with Crippen molar-refractivity contribution in [2.75, 3.05) is 44.7 Å². The fourth-order valence-corrected chi connectivity index (χ4v) is 6.84. The summed E-state index contributed by atoms with van der Waals surface area (Å²) in [5.74, 6) is 0.633. The van der Waals surface area contributed by atoms with Gasteiger partial charge in [0, 0.05) is 53.6 Å². The minimum Gasteiger partial charge on any atom is -0.462 e. The predicted molar refractivity (Wildman–Crippen MR) is 166 cm³/mol. The Labute approximate surface area is 257 Å². The van der Waals surface area contributed by atoms with E-state index in [2.05, 4.69) is 47.7 Å². The van der Waals surface area contributed by atoms with Crippen molar-refractivity contribution in [3.8, 4) is 12.1 Å². The van der Waals surface area contributed by atoms with Gasteiger partial charge in [0.15, 0.2) is 0 Å². The first kappa shape index (κ1) is 29.4. The highest BCUT2D eigenvalue weighted by molar-refractivity contribution is 6.35. The quantitative estimate of drug-likeness (QED) is 0.347. The van der Waals surface area contributed by atoms with Gasteiger partial charge in [-0.25, -0.2) is 0 Å². The van der Waals surface area contributed by atoms with E-state index < -0.39 is 0 Å². The Morgan fingerprint density at radius 1 is 1.19 bits per heavy atom. The van der Waals surface area contributed by atoms with Gasteiger partial charge in [-0.3, -0.25) is 4.79 Å². The fourth-order valence-electron chi connectivity index (χ4n) is 6.55. The van der Waals surface area contributed by atoms with E-state index in [1.54, 1.807) is 11.8 Å². The number of hydrogen-bond donors (Lipinski definition) is 0. The van der Waals surface area contributed by atoms with E-state index in [0.717, 1.165) is 52.8 Å². The minimum absolute atomic E-state index is 0.116. The molecule has 0 saturated carbocycles. The van der Waals surface area contributed by atoms with Gasteiger partial charge in [0.1, 0.15) is 12.4 Å². The number of anilines is 1. The highest BCUT2D eigenvalue weighted by Gasteiger charge is 2.35. The predicted octanol–water partition coefficient (Wildman–Crippen LogP) is 5.08. The van der Waals surface area contributed by atoms with Crippen LogP contribution >= 0.6 is 11.6 Å². The van der Waals surface area contributed by atoms with Gasteiger partial charge in [0.25, 0.3) is 0 Å². The number of ether oxygens (including phenoxy) is 2. The van der Waals surface area contributed by atoms with Crippen molar-refractivity contribution in [3.05, 3.63) is 70.4 Å². The first-order chi connectivity index (χ1) is 20.8. The number of likely N-dealkylation sites (tertiary alicyclic amines) is 1. The lowest BCUT2D eigenvalue weighted by Gasteiger charge is -2.42. The largest absolute Gasteiger partial charge is 0.462 e. The second kappa shape index (κ2) is 12.5. The maximum Gasteiger partial charge on any atom is 0.318 e. The highest BCUT2D eigenvalue weighted by Crippen LogP contribution is 2.39. The molecule has 3 aromatic rings. The zero-order valence-electron chi connectivity index (χ0n) is 24.8. The van der Waals surface area contributed by atoms with Crippen LogP contribution in [0.15, 0.2) is 48.6 Å². The maximum absolute atomic E-state index is 12.9. The van der Waals surface area contributed by atoms with E-state index in [-0.39, 0.29) is 24.5 Å². The van der Waals surface area contributed by atoms with E-state index in [4.69, 9.17) is 31.0 Å². The molecule has 2 saturated heterocycles. The van der Waals surface area contributed by atoms with Crippen LogP contribution in [0.1, 0.15) is 49.1 Å². The standard InChI is InChI=1S/C33H37ClN6O3/c1-21(2)32(41)40-16-15-39(18-23(40)12-13-35)31-26-20-42-29(25-10-4-7-22-8-5-11-27(34)30(22)25)17-28(26)36-33(37-31)43-19-24-9-6-14-38(24)3/h4-5,7-8,10-11,23-24,29H,1,6,9,12,14-20H2,2-3H3/t23-,24-,29?/m0/s1. The Bertz CT molecular complexity index is 1580. The number of fused-ring (bicyclic) bond motifs is 2. The lowest BCUT2D eigenvalue weighted by molar-refractivity contribution is -0.129. The average Bonchev–Trinajstić information content (AvgIpc) is 3.43. The summed E-state index contributed by atoms with van der Waals surface area (Å²) in [5, 5.41) is 12.3. The molecule has 4 heterocycles. The third kappa shape index (κ3) is 5.92. The Hall–Kier alpha value is -3.71. The van der Waals surface area contributed by atoms with Gasteiger partial charge in [0.05, 0.1) is 36.9 Å². The number of benzene rings is 2. The third-order valence-corrected chi connectivity index (χ3v) is 9.22. The maximum atomic E-state index is 12.9. The molecule has 43 heavy (non-hydrogen) atoms. The number of carbonyl (C=O) groups excluding carboxylic acids is 1. The van der Waals surface area contributed by atoms with Crippen molar-refractivity contribution in [2.24, 2.45) is 0 Å². The summed E-state index contributed by atoms with van der Waals surface area (Å²) >= 11 is 6.67. The number of amides is 1. The van der Waals surface area contributed by atoms with Crippen LogP contribution in [0.25, 0.3) is 10.8 Å². The third-order valence-electron chi connectivity index (χ3n) is 8.90. The zero-order valence-corrected chi connectivity index (χ0v) is 25.5. The molecule has 3 aliphatic heterocycles. The number of aromatic nitrogens is 2. The normalized spacial score (nSPS) is 22.3. The smallest absolute Gasteiger partial charge is 0.318 e. The van der Waals surface area contributed by atoms with Crippen LogP contribution in [0.4, 0.5) is 5.82 Å². The molecule has 6 rings (SSSR count). The number of hydrogen-bond acceptors (Lipinski definition) is 8. The molecule has 2 fully saturated rings. The van der Waals surface area contributed by atoms with Gasteiger partial charge >= 0.3 is 6.01 Å². The molecule has 3 aliphatic rings. The van der Waals surface area contributed by atoms with E-state index in [1.165, 1.54) is 0 Å². The van der Waals surface area contributed by atoms with Crippen LogP contribution in [0.5, 0.6) is 6.01 Å². The van der Waals surface area contributed by atoms with Gasteiger partial charge in [-0.1, -0.05) is 48.5 Å². The molecular formula is C33H37ClN6O3. The molecule has 1 aromatic heterocycles. The van der Waals surface area contributed by atoms with Crippen LogP contribution in [-0.2, 0) is 22.6 Å². The SMILES string of the molecule is C=C(C)C(=O)N1CCN(c2nc(OC[C@@H]3CCCN3C)nc3c2COC(c2cccc4cccc(Cl)c24)C3)C[C@@H]1CC#N. The molecule has 0 radical (unpaired) electrons. The summed E-state index contributed by atoms with van der Waals surface area (Å²) < 4.78 is 12.8. The first-order valence-electron chi connectivity index (χ1n) is 14.9. The van der Waals surface area contributed by atoms with E-state index in [9.17, 15) is 10.1 Å². The van der Waals surface area contributed by atoms with Crippen LogP contribution in [0.3, 0.4) is 0 Å². The monoisotopic (exact) mass is 600 g/mol. The van der Waals surface area contributed by atoms with Crippen molar-refractivity contribution < 1.29 is 14.3 Å². The van der Waals surface area contributed by atoms with Crippen LogP contribution in [-0.4, -0.2) is 77.6 Å². The van der Waals surface area contributed by atoms with Gasteiger partial charge in [-0.05, 0) is 50.4 Å². The molecule has 9 nitrogen and oxygen atoms in total. The van der Waals surface area contributed by atoms with Gasteiger partial charge in [0.2, 0.25) is 5.91 Å². The number of nitriles is 1. The van der Waals surface area contributed by atoms with Crippen LogP contribution in [0, 0.1) is 11.3 Å². The zero-order chi connectivity index (χ0) is 30.1. The Morgan fingerprint density at radius 2 is 2.00 bits per heavy atom. The molecule has 1 unspecified atom stereocenters. The summed E-state index contributed by atoms with van der Waals surface area (Å²) in [7, 11) is 2.12. The lowest BCUT2D eigenvalue weighted by Crippen LogP contribution is -2.55. The number of piperazine rings is 1. The van der Waals surface area contributed by atoms with E-state index in [0.29, 0.717) is 61.9 Å². The number of rotatable bonds is 7. The number of nitrogens with zero attached hydrogens (tertiary/aromatic N) is 6. The molecule has 1 amide bonds. The van der Waals surface area contributed by atoms with Crippen molar-refractivity contribution in [2.45, 2.75) is 57.4 Å². The minimum atomic E-state index is -0.278. The van der Waals surface area contributed by atoms with Crippen LogP contribution in [0.2, 0.25) is 5.02 Å². The molecule has 0 bridgehead atoms. The summed E-state index contributed by atoms with van der Waals surface area (Å²) in [6.07, 6.45) is 2.77. The summed E-state index contributed by atoms with van der Waals surface area (Å²) in [6.45, 7) is 8.96. The van der Waals surface area contributed by atoms with Crippen molar-refractivity contribution in [1.82, 2.24) is 19.8 Å². The molecule has 3 atom stereocenters.